The number of hydrogen-bond acceptors (Lipinski definition) is 4. The number of rotatable bonds is 6. The van der Waals surface area contributed by atoms with E-state index in [-0.39, 0.29) is 5.91 Å². The predicted molar refractivity (Wildman–Crippen MR) is 94.0 cm³/mol. The molecule has 0 bridgehead atoms. The average Bonchev–Trinajstić information content (AvgIpc) is 3.03. The van der Waals surface area contributed by atoms with Crippen molar-refractivity contribution in [2.45, 2.75) is 58.5 Å². The van der Waals surface area contributed by atoms with E-state index in [1.54, 1.807) is 10.7 Å². The number of carbonyl (C=O) groups excluding carboxylic acids is 1. The smallest absolute Gasteiger partial charge is 0.256 e. The molecule has 3 rings (SSSR count). The van der Waals surface area contributed by atoms with Gasteiger partial charge in [0.15, 0.2) is 5.65 Å². The molecule has 24 heavy (non-hydrogen) atoms. The molecule has 130 valence electrons. The molecule has 2 aromatic rings. The maximum Gasteiger partial charge on any atom is 0.256 e. The Morgan fingerprint density at radius 3 is 2.71 bits per heavy atom. The highest BCUT2D eigenvalue weighted by Gasteiger charge is 2.20. The van der Waals surface area contributed by atoms with Gasteiger partial charge in [0.25, 0.3) is 5.91 Å². The molecule has 1 amide bonds. The van der Waals surface area contributed by atoms with Gasteiger partial charge in [-0.05, 0) is 25.9 Å². The van der Waals surface area contributed by atoms with Crippen LogP contribution in [0.1, 0.15) is 61.9 Å². The molecule has 2 heterocycles. The lowest BCUT2D eigenvalue weighted by Crippen LogP contribution is -2.36. The Morgan fingerprint density at radius 1 is 1.25 bits per heavy atom. The molecular formula is C18H27N5O. The SMILES string of the molecule is CCN(CC)Cc1cnc2c(C(=O)NC3CCCCC3)cnn2c1. The third kappa shape index (κ3) is 3.75. The highest BCUT2D eigenvalue weighted by atomic mass is 16.1. The lowest BCUT2D eigenvalue weighted by atomic mass is 9.95. The molecule has 1 aliphatic rings. The van der Waals surface area contributed by atoms with Crippen molar-refractivity contribution in [2.24, 2.45) is 0 Å². The Hall–Kier alpha value is -1.95. The van der Waals surface area contributed by atoms with Crippen molar-refractivity contribution in [3.05, 3.63) is 29.7 Å². The van der Waals surface area contributed by atoms with Gasteiger partial charge in [-0.1, -0.05) is 33.1 Å². The van der Waals surface area contributed by atoms with Crippen LogP contribution < -0.4 is 5.32 Å². The second-order valence-electron chi connectivity index (χ2n) is 6.56. The summed E-state index contributed by atoms with van der Waals surface area (Å²) in [6, 6.07) is 0.295. The van der Waals surface area contributed by atoms with Crippen LogP contribution >= 0.6 is 0 Å². The first-order chi connectivity index (χ1) is 11.7. The monoisotopic (exact) mass is 329 g/mol. The van der Waals surface area contributed by atoms with Crippen LogP contribution in [0.15, 0.2) is 18.6 Å². The van der Waals surface area contributed by atoms with E-state index in [4.69, 9.17) is 0 Å². The van der Waals surface area contributed by atoms with Crippen LogP contribution in [-0.4, -0.2) is 44.5 Å². The van der Waals surface area contributed by atoms with Gasteiger partial charge in [-0.3, -0.25) is 9.69 Å². The summed E-state index contributed by atoms with van der Waals surface area (Å²) in [7, 11) is 0. The molecule has 1 fully saturated rings. The second kappa shape index (κ2) is 7.75. The summed E-state index contributed by atoms with van der Waals surface area (Å²) >= 11 is 0. The quantitative estimate of drug-likeness (QED) is 0.885. The number of amides is 1. The third-order valence-electron chi connectivity index (χ3n) is 4.90. The van der Waals surface area contributed by atoms with E-state index in [1.165, 1.54) is 19.3 Å². The van der Waals surface area contributed by atoms with Crippen molar-refractivity contribution < 1.29 is 4.79 Å². The molecule has 6 heteroatoms. The fourth-order valence-corrected chi connectivity index (χ4v) is 3.37. The van der Waals surface area contributed by atoms with Gasteiger partial charge in [-0.25, -0.2) is 9.50 Å². The Bertz CT molecular complexity index is 686. The first-order valence-electron chi connectivity index (χ1n) is 9.06. The summed E-state index contributed by atoms with van der Waals surface area (Å²) in [6.07, 6.45) is 11.3. The van der Waals surface area contributed by atoms with Crippen molar-refractivity contribution >= 4 is 11.6 Å². The van der Waals surface area contributed by atoms with Crippen molar-refractivity contribution in [3.63, 3.8) is 0 Å². The van der Waals surface area contributed by atoms with Crippen molar-refractivity contribution in [3.8, 4) is 0 Å². The zero-order valence-corrected chi connectivity index (χ0v) is 14.7. The molecule has 0 aliphatic heterocycles. The van der Waals surface area contributed by atoms with Crippen LogP contribution in [0.5, 0.6) is 0 Å². The maximum atomic E-state index is 12.5. The van der Waals surface area contributed by atoms with E-state index in [9.17, 15) is 4.79 Å². The van der Waals surface area contributed by atoms with Crippen LogP contribution in [0.25, 0.3) is 5.65 Å². The van der Waals surface area contributed by atoms with E-state index < -0.39 is 0 Å². The van der Waals surface area contributed by atoms with Crippen molar-refractivity contribution in [1.82, 2.24) is 24.8 Å². The summed E-state index contributed by atoms with van der Waals surface area (Å²) in [5.74, 6) is -0.0547. The van der Waals surface area contributed by atoms with Gasteiger partial charge in [-0.15, -0.1) is 0 Å². The molecule has 1 aliphatic carbocycles. The molecule has 0 spiro atoms. The highest BCUT2D eigenvalue weighted by Crippen LogP contribution is 2.18. The fourth-order valence-electron chi connectivity index (χ4n) is 3.37. The minimum atomic E-state index is -0.0547. The maximum absolute atomic E-state index is 12.5. The number of hydrogen-bond donors (Lipinski definition) is 1. The molecule has 6 nitrogen and oxygen atoms in total. The molecular weight excluding hydrogens is 302 g/mol. The third-order valence-corrected chi connectivity index (χ3v) is 4.90. The minimum absolute atomic E-state index is 0.0547. The Labute approximate surface area is 143 Å². The molecule has 0 radical (unpaired) electrons. The molecule has 2 aromatic heterocycles. The lowest BCUT2D eigenvalue weighted by molar-refractivity contribution is 0.0929. The fraction of sp³-hybridized carbons (Fsp3) is 0.611. The zero-order chi connectivity index (χ0) is 16.9. The molecule has 0 saturated heterocycles. The van der Waals surface area contributed by atoms with Crippen molar-refractivity contribution in [2.75, 3.05) is 13.1 Å². The van der Waals surface area contributed by atoms with E-state index in [0.717, 1.165) is 38.0 Å². The van der Waals surface area contributed by atoms with E-state index >= 15 is 0 Å². The first kappa shape index (κ1) is 16.9. The van der Waals surface area contributed by atoms with Crippen LogP contribution in [0.3, 0.4) is 0 Å². The van der Waals surface area contributed by atoms with Gasteiger partial charge in [0.1, 0.15) is 5.56 Å². The van der Waals surface area contributed by atoms with Crippen molar-refractivity contribution in [1.29, 1.82) is 0 Å². The number of carbonyl (C=O) groups is 1. The Kier molecular flexibility index (Phi) is 5.45. The Balaban J connectivity index is 1.74. The zero-order valence-electron chi connectivity index (χ0n) is 14.7. The standard InChI is InChI=1S/C18H27N5O/c1-3-22(4-2)12-14-10-19-17-16(11-20-23(17)13-14)18(24)21-15-8-6-5-7-9-15/h10-11,13,15H,3-9,12H2,1-2H3,(H,21,24). The van der Waals surface area contributed by atoms with Gasteiger partial charge in [0, 0.05) is 30.5 Å². The van der Waals surface area contributed by atoms with Gasteiger partial charge in [0.05, 0.1) is 6.20 Å². The van der Waals surface area contributed by atoms with E-state index in [0.29, 0.717) is 17.3 Å². The number of fused-ring (bicyclic) bond motifs is 1. The summed E-state index contributed by atoms with van der Waals surface area (Å²) < 4.78 is 1.72. The Morgan fingerprint density at radius 2 is 2.00 bits per heavy atom. The van der Waals surface area contributed by atoms with Crippen LogP contribution in [-0.2, 0) is 6.54 Å². The molecule has 0 aromatic carbocycles. The lowest BCUT2D eigenvalue weighted by Gasteiger charge is -2.22. The van der Waals surface area contributed by atoms with Crippen LogP contribution in [0.2, 0.25) is 0 Å². The van der Waals surface area contributed by atoms with Gasteiger partial charge in [-0.2, -0.15) is 5.10 Å². The largest absolute Gasteiger partial charge is 0.349 e. The van der Waals surface area contributed by atoms with Gasteiger partial charge >= 0.3 is 0 Å². The summed E-state index contributed by atoms with van der Waals surface area (Å²) in [5, 5.41) is 7.47. The second-order valence-corrected chi connectivity index (χ2v) is 6.56. The first-order valence-corrected chi connectivity index (χ1v) is 9.06. The molecule has 1 N–H and O–H groups in total. The molecule has 1 saturated carbocycles. The van der Waals surface area contributed by atoms with Gasteiger partial charge in [0.2, 0.25) is 0 Å². The normalized spacial score (nSPS) is 16.0. The molecule has 0 unspecified atom stereocenters. The summed E-state index contributed by atoms with van der Waals surface area (Å²) in [6.45, 7) is 7.15. The van der Waals surface area contributed by atoms with Gasteiger partial charge < -0.3 is 5.32 Å². The number of aromatic nitrogens is 3. The topological polar surface area (TPSA) is 62.5 Å². The summed E-state index contributed by atoms with van der Waals surface area (Å²) in [4.78, 5) is 19.3. The number of nitrogens with one attached hydrogen (secondary N) is 1. The van der Waals surface area contributed by atoms with E-state index in [1.807, 2.05) is 12.4 Å². The number of nitrogens with zero attached hydrogens (tertiary/aromatic N) is 4. The predicted octanol–water partition coefficient (Wildman–Crippen LogP) is 2.63. The summed E-state index contributed by atoms with van der Waals surface area (Å²) in [5.41, 5.74) is 2.30. The highest BCUT2D eigenvalue weighted by molar-refractivity contribution is 5.99. The van der Waals surface area contributed by atoms with E-state index in [2.05, 4.69) is 34.1 Å². The molecule has 0 atom stereocenters. The van der Waals surface area contributed by atoms with Crippen LogP contribution in [0.4, 0.5) is 0 Å². The average molecular weight is 329 g/mol. The van der Waals surface area contributed by atoms with Crippen LogP contribution in [0, 0.1) is 0 Å². The minimum Gasteiger partial charge on any atom is -0.349 e.